The second-order valence-corrected chi connectivity index (χ2v) is 10.4. The zero-order valence-corrected chi connectivity index (χ0v) is 22.8. The summed E-state index contributed by atoms with van der Waals surface area (Å²) in [6.07, 6.45) is 1.79. The third-order valence-corrected chi connectivity index (χ3v) is 7.17. The first kappa shape index (κ1) is 25.4. The summed E-state index contributed by atoms with van der Waals surface area (Å²) in [5, 5.41) is 11.6. The van der Waals surface area contributed by atoms with Crippen molar-refractivity contribution >= 4 is 11.8 Å². The summed E-state index contributed by atoms with van der Waals surface area (Å²) in [6, 6.07) is 33.4. The van der Waals surface area contributed by atoms with E-state index in [-0.39, 0.29) is 5.75 Å². The van der Waals surface area contributed by atoms with Crippen LogP contribution in [0.2, 0.25) is 0 Å². The smallest absolute Gasteiger partial charge is 0.167 e. The second-order valence-electron chi connectivity index (χ2n) is 9.34. The molecule has 0 amide bonds. The second kappa shape index (κ2) is 11.1. The maximum absolute atomic E-state index is 10.7. The minimum Gasteiger partial charge on any atom is -0.507 e. The highest BCUT2D eigenvalue weighted by Gasteiger charge is 2.17. The number of aromatic hydroxyl groups is 1. The van der Waals surface area contributed by atoms with Gasteiger partial charge in [-0.15, -0.1) is 0 Å². The van der Waals surface area contributed by atoms with Crippen LogP contribution in [0.15, 0.2) is 119 Å². The largest absolute Gasteiger partial charge is 0.507 e. The molecular formula is C33H25N5OS. The van der Waals surface area contributed by atoms with Gasteiger partial charge in [-0.2, -0.15) is 0 Å². The van der Waals surface area contributed by atoms with Gasteiger partial charge in [-0.1, -0.05) is 60.3 Å². The van der Waals surface area contributed by atoms with Crippen molar-refractivity contribution < 1.29 is 5.11 Å². The summed E-state index contributed by atoms with van der Waals surface area (Å²) in [5.74, 6) is 1.53. The third-order valence-electron chi connectivity index (χ3n) is 6.25. The number of nitrogens with zero attached hydrogens (tertiary/aromatic N) is 5. The topological polar surface area (TPSA) is 84.7 Å². The van der Waals surface area contributed by atoms with Gasteiger partial charge in [-0.25, -0.2) is 19.9 Å². The van der Waals surface area contributed by atoms with Crippen molar-refractivity contribution in [2.75, 3.05) is 0 Å². The van der Waals surface area contributed by atoms with Gasteiger partial charge < -0.3 is 5.11 Å². The molecule has 0 spiro atoms. The first-order chi connectivity index (χ1) is 19.5. The van der Waals surface area contributed by atoms with Crippen molar-refractivity contribution in [3.63, 3.8) is 0 Å². The molecule has 0 aliphatic carbocycles. The van der Waals surface area contributed by atoms with Gasteiger partial charge in [0.1, 0.15) is 10.8 Å². The molecule has 0 radical (unpaired) electrons. The normalized spacial score (nSPS) is 10.9. The third kappa shape index (κ3) is 5.60. The minimum absolute atomic E-state index is 0.108. The van der Waals surface area contributed by atoms with Crippen molar-refractivity contribution in [2.24, 2.45) is 0 Å². The zero-order chi connectivity index (χ0) is 27.5. The van der Waals surface area contributed by atoms with Gasteiger partial charge in [-0.3, -0.25) is 4.98 Å². The van der Waals surface area contributed by atoms with Gasteiger partial charge in [0, 0.05) is 33.6 Å². The predicted octanol–water partition coefficient (Wildman–Crippen LogP) is 7.80. The van der Waals surface area contributed by atoms with E-state index >= 15 is 0 Å². The zero-order valence-electron chi connectivity index (χ0n) is 22.0. The number of phenols is 1. The highest BCUT2D eigenvalue weighted by Crippen LogP contribution is 2.36. The molecule has 6 rings (SSSR count). The highest BCUT2D eigenvalue weighted by atomic mass is 32.2. The van der Waals surface area contributed by atoms with E-state index in [1.165, 1.54) is 0 Å². The molecule has 3 aromatic heterocycles. The van der Waals surface area contributed by atoms with E-state index < -0.39 is 0 Å². The van der Waals surface area contributed by atoms with E-state index in [2.05, 4.69) is 40.3 Å². The predicted molar refractivity (Wildman–Crippen MR) is 159 cm³/mol. The molecule has 1 N–H and O–H groups in total. The van der Waals surface area contributed by atoms with Crippen LogP contribution >= 0.6 is 11.8 Å². The van der Waals surface area contributed by atoms with Gasteiger partial charge in [0.05, 0.1) is 5.56 Å². The number of benzene rings is 3. The Bertz CT molecular complexity index is 1790. The number of hydrogen-bond acceptors (Lipinski definition) is 7. The summed E-state index contributed by atoms with van der Waals surface area (Å²) in [7, 11) is 0. The Hall–Kier alpha value is -4.88. The van der Waals surface area contributed by atoms with Crippen molar-refractivity contribution in [1.82, 2.24) is 24.9 Å². The van der Waals surface area contributed by atoms with Crippen LogP contribution in [0.1, 0.15) is 11.4 Å². The molecule has 0 fully saturated rings. The lowest BCUT2D eigenvalue weighted by molar-refractivity contribution is 0.477. The average Bonchev–Trinajstić information content (AvgIpc) is 2.97. The number of hydrogen-bond donors (Lipinski definition) is 1. The van der Waals surface area contributed by atoms with E-state index in [1.807, 2.05) is 74.5 Å². The van der Waals surface area contributed by atoms with Crippen LogP contribution in [0.5, 0.6) is 5.75 Å². The van der Waals surface area contributed by atoms with Crippen LogP contribution in [-0.4, -0.2) is 30.0 Å². The van der Waals surface area contributed by atoms with Crippen LogP contribution in [-0.2, 0) is 0 Å². The fraction of sp³-hybridized carbons (Fsp3) is 0.0606. The molecule has 6 nitrogen and oxygen atoms in total. The fourth-order valence-corrected chi connectivity index (χ4v) is 5.37. The lowest BCUT2D eigenvalue weighted by atomic mass is 10.0. The molecule has 40 heavy (non-hydrogen) atoms. The number of pyridine rings is 2. The maximum atomic E-state index is 10.7. The number of aryl methyl sites for hydroxylation is 2. The number of rotatable bonds is 6. The van der Waals surface area contributed by atoms with E-state index in [4.69, 9.17) is 15.0 Å². The fourth-order valence-electron chi connectivity index (χ4n) is 4.49. The van der Waals surface area contributed by atoms with Crippen LogP contribution in [0, 0.1) is 13.8 Å². The van der Waals surface area contributed by atoms with Crippen LogP contribution in [0.4, 0.5) is 0 Å². The van der Waals surface area contributed by atoms with Gasteiger partial charge in [0.25, 0.3) is 0 Å². The Labute approximate surface area is 236 Å². The summed E-state index contributed by atoms with van der Waals surface area (Å²) in [4.78, 5) is 24.6. The first-order valence-electron chi connectivity index (χ1n) is 12.8. The molecule has 7 heteroatoms. The summed E-state index contributed by atoms with van der Waals surface area (Å²) >= 11 is 1.58. The van der Waals surface area contributed by atoms with Crippen LogP contribution < -0.4 is 0 Å². The average molecular weight is 540 g/mol. The Morgan fingerprint density at radius 3 is 1.88 bits per heavy atom. The summed E-state index contributed by atoms with van der Waals surface area (Å²) < 4.78 is 0. The van der Waals surface area contributed by atoms with Gasteiger partial charge in [0.15, 0.2) is 17.5 Å². The summed E-state index contributed by atoms with van der Waals surface area (Å²) in [5.41, 5.74) is 6.09. The van der Waals surface area contributed by atoms with Crippen molar-refractivity contribution in [1.29, 1.82) is 0 Å². The highest BCUT2D eigenvalue weighted by molar-refractivity contribution is 7.99. The quantitative estimate of drug-likeness (QED) is 0.231. The molecule has 3 heterocycles. The molecular weight excluding hydrogens is 514 g/mol. The van der Waals surface area contributed by atoms with E-state index in [9.17, 15) is 5.11 Å². The van der Waals surface area contributed by atoms with Crippen molar-refractivity contribution in [2.45, 2.75) is 23.8 Å². The number of phenolic OH excluding ortho intramolecular Hbond substituents is 1. The molecule has 0 atom stereocenters. The Morgan fingerprint density at radius 2 is 1.18 bits per heavy atom. The first-order valence-corrected chi connectivity index (χ1v) is 13.6. The minimum atomic E-state index is 0.108. The maximum Gasteiger partial charge on any atom is 0.167 e. The SMILES string of the molecule is Cc1cc(-c2nc(-c3cc(Sc4ccccn4)cc(-c4ccccc4)c3)nc(-c3ccccc3O)n2)cc(C)n1. The molecule has 0 bridgehead atoms. The molecule has 0 unspecified atom stereocenters. The van der Waals surface area contributed by atoms with Crippen LogP contribution in [0.3, 0.4) is 0 Å². The summed E-state index contributed by atoms with van der Waals surface area (Å²) in [6.45, 7) is 3.90. The molecule has 0 saturated heterocycles. The monoisotopic (exact) mass is 539 g/mol. The van der Waals surface area contributed by atoms with E-state index in [1.54, 1.807) is 30.1 Å². The van der Waals surface area contributed by atoms with Crippen LogP contribution in [0.25, 0.3) is 45.3 Å². The van der Waals surface area contributed by atoms with Gasteiger partial charge in [-0.05, 0) is 79.6 Å². The molecule has 3 aromatic carbocycles. The lowest BCUT2D eigenvalue weighted by Crippen LogP contribution is -2.01. The lowest BCUT2D eigenvalue weighted by Gasteiger charge is -2.12. The Morgan fingerprint density at radius 1 is 0.550 bits per heavy atom. The van der Waals surface area contributed by atoms with Crippen molar-refractivity contribution in [3.05, 3.63) is 121 Å². The molecule has 0 saturated carbocycles. The Kier molecular flexibility index (Phi) is 7.04. The van der Waals surface area contributed by atoms with E-state index in [0.29, 0.717) is 23.0 Å². The number of para-hydroxylation sites is 1. The molecule has 194 valence electrons. The van der Waals surface area contributed by atoms with Crippen molar-refractivity contribution in [3.8, 4) is 51.0 Å². The molecule has 6 aromatic rings. The van der Waals surface area contributed by atoms with Gasteiger partial charge in [0.2, 0.25) is 0 Å². The number of aromatic nitrogens is 5. The standard InChI is InChI=1S/C33H25N5OS/c1-21-16-25(17-22(2)35-21)31-36-32(38-33(37-31)28-12-6-7-13-29(28)39)26-18-24(23-10-4-3-5-11-23)19-27(20-26)40-30-14-8-9-15-34-30/h3-20,39H,1-2H3. The molecule has 0 aliphatic heterocycles. The van der Waals surface area contributed by atoms with Gasteiger partial charge >= 0.3 is 0 Å². The van der Waals surface area contributed by atoms with E-state index in [0.717, 1.165) is 43.6 Å². The molecule has 0 aliphatic rings. The Balaban J connectivity index is 1.56.